The van der Waals surface area contributed by atoms with Crippen LogP contribution in [0.25, 0.3) is 4.85 Å². The van der Waals surface area contributed by atoms with Crippen molar-refractivity contribution in [3.8, 4) is 0 Å². The zero-order chi connectivity index (χ0) is 29.1. The number of rotatable bonds is 13. The van der Waals surface area contributed by atoms with E-state index in [1.165, 1.54) is 0 Å². The first-order valence-corrected chi connectivity index (χ1v) is 14.6. The molecule has 0 saturated heterocycles. The van der Waals surface area contributed by atoms with E-state index in [1.54, 1.807) is 0 Å². The summed E-state index contributed by atoms with van der Waals surface area (Å²) < 4.78 is 0. The normalized spacial score (nSPS) is 19.6. The van der Waals surface area contributed by atoms with Crippen LogP contribution in [0.2, 0.25) is 0 Å². The second kappa shape index (κ2) is 20.9. The fourth-order valence-corrected chi connectivity index (χ4v) is 3.31. The maximum absolute atomic E-state index is 11.3. The van der Waals surface area contributed by atoms with Crippen molar-refractivity contribution in [1.29, 1.82) is 0 Å². The predicted molar refractivity (Wildman–Crippen MR) is 151 cm³/mol. The lowest BCUT2D eigenvalue weighted by molar-refractivity contribution is -0.132. The Labute approximate surface area is 230 Å². The van der Waals surface area contributed by atoms with Gasteiger partial charge >= 0.3 is 0 Å². The highest BCUT2D eigenvalue weighted by Gasteiger charge is 2.30. The Morgan fingerprint density at radius 3 is 1.61 bits per heavy atom. The van der Waals surface area contributed by atoms with E-state index in [0.29, 0.717) is 18.5 Å². The maximum atomic E-state index is 11.3. The first-order valence-electron chi connectivity index (χ1n) is 14.6. The van der Waals surface area contributed by atoms with E-state index < -0.39 is 18.2 Å². The van der Waals surface area contributed by atoms with Gasteiger partial charge < -0.3 is 36.2 Å². The molecule has 0 heterocycles. The van der Waals surface area contributed by atoms with Crippen LogP contribution in [-0.4, -0.2) is 64.7 Å². The minimum absolute atomic E-state index is 0.0729. The molecule has 2 amide bonds. The molecule has 3 saturated carbocycles. The van der Waals surface area contributed by atoms with Crippen molar-refractivity contribution in [3.63, 3.8) is 0 Å². The molecule has 0 aliphatic heterocycles. The Bertz CT molecular complexity index is 662. The molecule has 9 heteroatoms. The van der Waals surface area contributed by atoms with Crippen LogP contribution >= 0.6 is 0 Å². The van der Waals surface area contributed by atoms with Crippen LogP contribution in [0.1, 0.15) is 112 Å². The molecule has 6 N–H and O–H groups in total. The predicted octanol–water partition coefficient (Wildman–Crippen LogP) is 3.50. The van der Waals surface area contributed by atoms with Gasteiger partial charge in [0.05, 0.1) is 0 Å². The summed E-state index contributed by atoms with van der Waals surface area (Å²) in [5.41, 5.74) is 5.61. The van der Waals surface area contributed by atoms with Crippen molar-refractivity contribution in [2.24, 2.45) is 17.6 Å². The van der Waals surface area contributed by atoms with Crippen LogP contribution in [0.3, 0.4) is 0 Å². The Morgan fingerprint density at radius 1 is 0.868 bits per heavy atom. The summed E-state index contributed by atoms with van der Waals surface area (Å²) in [4.78, 5) is 35.8. The van der Waals surface area contributed by atoms with Gasteiger partial charge in [-0.15, -0.1) is 0 Å². The summed E-state index contributed by atoms with van der Waals surface area (Å²) in [5.74, 6) is -0.166. The Hall–Kier alpha value is -2.02. The largest absolute Gasteiger partial charge is 0.383 e. The molecule has 220 valence electrons. The highest BCUT2D eigenvalue weighted by molar-refractivity contribution is 5.82. The van der Waals surface area contributed by atoms with Crippen LogP contribution in [0.4, 0.5) is 0 Å². The minimum atomic E-state index is -1.04. The monoisotopic (exact) mass is 538 g/mol. The summed E-state index contributed by atoms with van der Waals surface area (Å²) in [5, 5.41) is 24.6. The second-order valence-corrected chi connectivity index (χ2v) is 10.9. The van der Waals surface area contributed by atoms with Crippen LogP contribution in [0.15, 0.2) is 0 Å². The van der Waals surface area contributed by atoms with Gasteiger partial charge in [-0.2, -0.15) is 0 Å². The molecule has 9 nitrogen and oxygen atoms in total. The van der Waals surface area contributed by atoms with E-state index in [0.717, 1.165) is 76.9 Å². The van der Waals surface area contributed by atoms with Crippen molar-refractivity contribution in [1.82, 2.24) is 10.6 Å². The number of nitrogens with one attached hydrogen (secondary N) is 2. The third-order valence-corrected chi connectivity index (χ3v) is 6.40. The van der Waals surface area contributed by atoms with E-state index >= 15 is 0 Å². The van der Waals surface area contributed by atoms with Crippen LogP contribution < -0.4 is 16.4 Å². The maximum Gasteiger partial charge on any atom is 0.250 e. The molecule has 0 aromatic rings. The van der Waals surface area contributed by atoms with Crippen LogP contribution in [-0.2, 0) is 14.4 Å². The first-order chi connectivity index (χ1) is 18.0. The van der Waals surface area contributed by atoms with E-state index in [1.807, 2.05) is 20.8 Å². The number of hydrogen-bond acceptors (Lipinski definition) is 6. The average molecular weight is 539 g/mol. The molecule has 3 rings (SSSR count). The van der Waals surface area contributed by atoms with E-state index in [2.05, 4.69) is 29.3 Å². The molecular weight excluding hydrogens is 484 g/mol. The quantitative estimate of drug-likeness (QED) is 0.179. The molecule has 0 bridgehead atoms. The number of hydrogen-bond donors (Lipinski definition) is 5. The minimum Gasteiger partial charge on any atom is -0.383 e. The second-order valence-electron chi connectivity index (χ2n) is 10.9. The first kappa shape index (κ1) is 36.0. The molecular formula is C29H54N4O5. The fraction of sp³-hybridized carbons (Fsp3) is 0.862. The molecule has 5 atom stereocenters. The van der Waals surface area contributed by atoms with Gasteiger partial charge in [-0.05, 0) is 50.9 Å². The fourth-order valence-electron chi connectivity index (χ4n) is 3.31. The van der Waals surface area contributed by atoms with Crippen molar-refractivity contribution in [3.05, 3.63) is 11.4 Å². The van der Waals surface area contributed by atoms with Gasteiger partial charge in [-0.3, -0.25) is 9.59 Å². The lowest BCUT2D eigenvalue weighted by atomic mass is 9.99. The molecule has 3 aliphatic carbocycles. The number of aliphatic hydroxyl groups is 2. The number of aldehydes is 1. The zero-order valence-corrected chi connectivity index (χ0v) is 24.3. The highest BCUT2D eigenvalue weighted by Crippen LogP contribution is 2.22. The Morgan fingerprint density at radius 2 is 1.32 bits per heavy atom. The lowest BCUT2D eigenvalue weighted by Gasteiger charge is -2.17. The van der Waals surface area contributed by atoms with Crippen LogP contribution in [0.5, 0.6) is 0 Å². The molecule has 0 spiro atoms. The number of carbonyl (C=O) groups is 3. The van der Waals surface area contributed by atoms with Gasteiger partial charge in [-0.1, -0.05) is 53.9 Å². The number of carbonyl (C=O) groups excluding carboxylic acids is 3. The number of amides is 2. The van der Waals surface area contributed by atoms with Crippen molar-refractivity contribution in [2.75, 3.05) is 0 Å². The molecule has 38 heavy (non-hydrogen) atoms. The molecule has 0 aromatic carbocycles. The summed E-state index contributed by atoms with van der Waals surface area (Å²) >= 11 is 0. The van der Waals surface area contributed by atoms with Gasteiger partial charge in [0.25, 0.3) is 5.91 Å². The van der Waals surface area contributed by atoms with Gasteiger partial charge in [0.1, 0.15) is 18.5 Å². The van der Waals surface area contributed by atoms with Crippen LogP contribution in [0, 0.1) is 18.4 Å². The molecule has 0 radical (unpaired) electrons. The topological polar surface area (TPSA) is 146 Å². The highest BCUT2D eigenvalue weighted by atomic mass is 16.3. The number of nitrogens with zero attached hydrogens (tertiary/aromatic N) is 1. The average Bonchev–Trinajstić information content (AvgIpc) is 3.74. The standard InChI is InChI=1S/C10H19NO2.C9H18N2O2.C6H12O.C4H5N/c1-3-4-7(2)9(12)10(13)11-8-5-6-8;1-2-3-7(10)8(12)9(13)11-6-4-5-6;1-3-4-6(2)5-7;1-5-4-2-3-4/h7-9,12H,3-6H2,1-2H3,(H,11,13);6-8,12H,2-5,10H2,1H3,(H,11,13);5-6H,3-4H2,1-2H3;4H,2-3H2/t7-,9?;7-,8?;6-;/m000./s1. The third-order valence-electron chi connectivity index (χ3n) is 6.40. The van der Waals surface area contributed by atoms with Crippen molar-refractivity contribution < 1.29 is 24.6 Å². The van der Waals surface area contributed by atoms with E-state index in [9.17, 15) is 24.6 Å². The van der Waals surface area contributed by atoms with Crippen molar-refractivity contribution in [2.45, 2.75) is 148 Å². The Kier molecular flexibility index (Phi) is 19.8. The van der Waals surface area contributed by atoms with Gasteiger partial charge in [0.15, 0.2) is 0 Å². The summed E-state index contributed by atoms with van der Waals surface area (Å²) in [6.45, 7) is 16.3. The third kappa shape index (κ3) is 19.1. The van der Waals surface area contributed by atoms with Gasteiger partial charge in [0, 0.05) is 36.9 Å². The molecule has 0 aromatic heterocycles. The van der Waals surface area contributed by atoms with E-state index in [-0.39, 0.29) is 29.7 Å². The number of nitrogens with two attached hydrogens (primary N) is 1. The summed E-state index contributed by atoms with van der Waals surface area (Å²) in [7, 11) is 0. The van der Waals surface area contributed by atoms with Crippen molar-refractivity contribution >= 4 is 18.1 Å². The lowest BCUT2D eigenvalue weighted by Crippen LogP contribution is -2.46. The number of aliphatic hydroxyl groups excluding tert-OH is 2. The molecule has 3 fully saturated rings. The summed E-state index contributed by atoms with van der Waals surface area (Å²) in [6.07, 6.45) is 11.3. The van der Waals surface area contributed by atoms with Gasteiger partial charge in [0.2, 0.25) is 11.9 Å². The smallest absolute Gasteiger partial charge is 0.250 e. The van der Waals surface area contributed by atoms with Gasteiger partial charge in [-0.25, -0.2) is 6.57 Å². The molecule has 3 aliphatic rings. The zero-order valence-electron chi connectivity index (χ0n) is 24.3. The van der Waals surface area contributed by atoms with E-state index in [4.69, 9.17) is 12.3 Å². The SMILES string of the molecule is CCC[C@H](C)C(O)C(=O)NC1CC1.CCC[C@H](C)C=O.CCC[C@H](N)C(O)C(=O)NC1CC1.[C-]#[N+]C1CC1. The summed E-state index contributed by atoms with van der Waals surface area (Å²) in [6, 6.07) is 0.630. The molecule has 2 unspecified atom stereocenters. The Balaban J connectivity index is 0.000000512.